The fraction of sp³-hybridized carbons (Fsp3) is 0.600. The molecule has 0 radical (unpaired) electrons. The third kappa shape index (κ3) is 3.79. The lowest BCUT2D eigenvalue weighted by Crippen LogP contribution is -2.26. The Morgan fingerprint density at radius 3 is 2.50 bits per heavy atom. The van der Waals surface area contributed by atoms with Crippen LogP contribution in [0, 0.1) is 5.82 Å². The van der Waals surface area contributed by atoms with E-state index in [1.165, 1.54) is 31.4 Å². The van der Waals surface area contributed by atoms with E-state index in [2.05, 4.69) is 5.32 Å². The molecule has 1 aromatic rings. The van der Waals surface area contributed by atoms with Crippen molar-refractivity contribution in [3.05, 3.63) is 35.6 Å². The van der Waals surface area contributed by atoms with E-state index in [1.807, 2.05) is 19.2 Å². The first-order valence-corrected chi connectivity index (χ1v) is 6.85. The molecule has 1 atom stereocenters. The second kappa shape index (κ2) is 6.86. The molecule has 0 saturated heterocycles. The number of hydrogen-bond donors (Lipinski definition) is 1. The van der Waals surface area contributed by atoms with E-state index in [1.54, 1.807) is 0 Å². The third-order valence-corrected chi connectivity index (χ3v) is 3.54. The summed E-state index contributed by atoms with van der Waals surface area (Å²) in [5.41, 5.74) is 1.05. The van der Waals surface area contributed by atoms with E-state index in [0.29, 0.717) is 6.10 Å². The van der Waals surface area contributed by atoms with Gasteiger partial charge >= 0.3 is 0 Å². The van der Waals surface area contributed by atoms with E-state index in [4.69, 9.17) is 4.74 Å². The summed E-state index contributed by atoms with van der Waals surface area (Å²) in [6, 6.07) is 6.64. The number of nitrogens with one attached hydrogen (secondary N) is 1. The molecular formula is C15H22FNO. The number of likely N-dealkylation sites (N-methyl/N-ethyl adjacent to an activating group) is 1. The number of rotatable bonds is 5. The van der Waals surface area contributed by atoms with Crippen LogP contribution in [0.1, 0.15) is 43.8 Å². The Bertz CT molecular complexity index is 346. The fourth-order valence-electron chi connectivity index (χ4n) is 2.54. The highest BCUT2D eigenvalue weighted by Crippen LogP contribution is 2.26. The molecule has 1 unspecified atom stereocenters. The Balaban J connectivity index is 2.00. The van der Waals surface area contributed by atoms with E-state index < -0.39 is 0 Å². The van der Waals surface area contributed by atoms with E-state index in [9.17, 15) is 4.39 Å². The molecule has 2 nitrogen and oxygen atoms in total. The Hall–Kier alpha value is -0.930. The first-order chi connectivity index (χ1) is 8.79. The largest absolute Gasteiger partial charge is 0.369 e. The van der Waals surface area contributed by atoms with Crippen LogP contribution in [0.4, 0.5) is 4.39 Å². The molecule has 18 heavy (non-hydrogen) atoms. The zero-order valence-corrected chi connectivity index (χ0v) is 11.0. The summed E-state index contributed by atoms with van der Waals surface area (Å²) >= 11 is 0. The molecule has 0 aromatic heterocycles. The van der Waals surface area contributed by atoms with Crippen molar-refractivity contribution in [1.29, 1.82) is 0 Å². The molecule has 3 heteroatoms. The topological polar surface area (TPSA) is 21.3 Å². The molecule has 100 valence electrons. The Morgan fingerprint density at radius 2 is 1.89 bits per heavy atom. The Kier molecular flexibility index (Phi) is 5.14. The van der Waals surface area contributed by atoms with Crippen LogP contribution in [0.3, 0.4) is 0 Å². The maximum Gasteiger partial charge on any atom is 0.123 e. The zero-order chi connectivity index (χ0) is 12.8. The van der Waals surface area contributed by atoms with E-state index >= 15 is 0 Å². The van der Waals surface area contributed by atoms with Crippen LogP contribution in [-0.4, -0.2) is 19.7 Å². The summed E-state index contributed by atoms with van der Waals surface area (Å²) < 4.78 is 19.1. The highest BCUT2D eigenvalue weighted by Gasteiger charge is 2.20. The van der Waals surface area contributed by atoms with Gasteiger partial charge in [0.25, 0.3) is 0 Å². The molecule has 1 saturated carbocycles. The predicted molar refractivity (Wildman–Crippen MR) is 71.0 cm³/mol. The summed E-state index contributed by atoms with van der Waals surface area (Å²) in [6.45, 7) is 0.766. The van der Waals surface area contributed by atoms with Gasteiger partial charge in [0.15, 0.2) is 0 Å². The molecule has 0 aliphatic heterocycles. The van der Waals surface area contributed by atoms with Gasteiger partial charge in [-0.15, -0.1) is 0 Å². The lowest BCUT2D eigenvalue weighted by molar-refractivity contribution is -0.0298. The van der Waals surface area contributed by atoms with Crippen molar-refractivity contribution in [3.63, 3.8) is 0 Å². The smallest absolute Gasteiger partial charge is 0.123 e. The van der Waals surface area contributed by atoms with Gasteiger partial charge in [0, 0.05) is 6.54 Å². The van der Waals surface area contributed by atoms with Crippen LogP contribution in [-0.2, 0) is 4.74 Å². The average Bonchev–Trinajstić information content (AvgIpc) is 2.40. The summed E-state index contributed by atoms with van der Waals surface area (Å²) in [5, 5.41) is 3.15. The third-order valence-electron chi connectivity index (χ3n) is 3.54. The molecule has 0 amide bonds. The quantitative estimate of drug-likeness (QED) is 0.865. The van der Waals surface area contributed by atoms with Gasteiger partial charge in [-0.2, -0.15) is 0 Å². The summed E-state index contributed by atoms with van der Waals surface area (Å²) in [7, 11) is 1.92. The van der Waals surface area contributed by atoms with Gasteiger partial charge in [-0.3, -0.25) is 0 Å². The molecule has 0 bridgehead atoms. The van der Waals surface area contributed by atoms with Crippen LogP contribution in [0.5, 0.6) is 0 Å². The molecule has 1 aliphatic carbocycles. The van der Waals surface area contributed by atoms with Gasteiger partial charge in [-0.05, 0) is 37.6 Å². The summed E-state index contributed by atoms with van der Waals surface area (Å²) in [4.78, 5) is 0. The fourth-order valence-corrected chi connectivity index (χ4v) is 2.54. The summed E-state index contributed by atoms with van der Waals surface area (Å²) in [5.74, 6) is -0.195. The minimum Gasteiger partial charge on any atom is -0.369 e. The van der Waals surface area contributed by atoms with Crippen LogP contribution in [0.2, 0.25) is 0 Å². The molecule has 1 N–H and O–H groups in total. The lowest BCUT2D eigenvalue weighted by atomic mass is 9.97. The van der Waals surface area contributed by atoms with Gasteiger partial charge in [-0.1, -0.05) is 31.4 Å². The van der Waals surface area contributed by atoms with Crippen molar-refractivity contribution in [2.75, 3.05) is 13.6 Å². The van der Waals surface area contributed by atoms with Crippen molar-refractivity contribution in [1.82, 2.24) is 5.32 Å². The van der Waals surface area contributed by atoms with Crippen molar-refractivity contribution < 1.29 is 9.13 Å². The maximum absolute atomic E-state index is 12.9. The van der Waals surface area contributed by atoms with Crippen LogP contribution < -0.4 is 5.32 Å². The highest BCUT2D eigenvalue weighted by atomic mass is 19.1. The van der Waals surface area contributed by atoms with Gasteiger partial charge < -0.3 is 10.1 Å². The second-order valence-corrected chi connectivity index (χ2v) is 4.99. The molecule has 1 aromatic carbocycles. The number of benzene rings is 1. The van der Waals surface area contributed by atoms with Crippen LogP contribution in [0.25, 0.3) is 0 Å². The van der Waals surface area contributed by atoms with Gasteiger partial charge in [-0.25, -0.2) is 4.39 Å². The zero-order valence-electron chi connectivity index (χ0n) is 11.0. The predicted octanol–water partition coefficient (Wildman–Crippen LogP) is 3.44. The van der Waals surface area contributed by atoms with Gasteiger partial charge in [0.05, 0.1) is 12.2 Å². The maximum atomic E-state index is 12.9. The van der Waals surface area contributed by atoms with E-state index in [0.717, 1.165) is 24.9 Å². The number of ether oxygens (including phenoxy) is 1. The van der Waals surface area contributed by atoms with Crippen LogP contribution >= 0.6 is 0 Å². The van der Waals surface area contributed by atoms with Crippen molar-refractivity contribution >= 4 is 0 Å². The lowest BCUT2D eigenvalue weighted by Gasteiger charge is -2.28. The first kappa shape index (κ1) is 13.5. The highest BCUT2D eigenvalue weighted by molar-refractivity contribution is 5.19. The normalized spacial score (nSPS) is 18.8. The number of hydrogen-bond acceptors (Lipinski definition) is 2. The Morgan fingerprint density at radius 1 is 1.22 bits per heavy atom. The van der Waals surface area contributed by atoms with E-state index in [-0.39, 0.29) is 11.9 Å². The number of halogens is 1. The van der Waals surface area contributed by atoms with Crippen LogP contribution in [0.15, 0.2) is 24.3 Å². The summed E-state index contributed by atoms with van der Waals surface area (Å²) in [6.07, 6.45) is 6.55. The van der Waals surface area contributed by atoms with Crippen molar-refractivity contribution in [2.45, 2.75) is 44.3 Å². The molecule has 0 spiro atoms. The first-order valence-electron chi connectivity index (χ1n) is 6.85. The van der Waals surface area contributed by atoms with Crippen molar-refractivity contribution in [2.24, 2.45) is 0 Å². The average molecular weight is 251 g/mol. The standard InChI is InChI=1S/C15H22FNO/c1-17-11-15(12-7-9-13(16)10-8-12)18-14-5-3-2-4-6-14/h7-10,14-15,17H,2-6,11H2,1H3. The molecular weight excluding hydrogens is 229 g/mol. The minimum absolute atomic E-state index is 0.0266. The SMILES string of the molecule is CNCC(OC1CCCCC1)c1ccc(F)cc1. The van der Waals surface area contributed by atoms with Gasteiger partial charge in [0.1, 0.15) is 5.82 Å². The minimum atomic E-state index is -0.195. The molecule has 0 heterocycles. The molecule has 1 aliphatic rings. The van der Waals surface area contributed by atoms with Gasteiger partial charge in [0.2, 0.25) is 0 Å². The second-order valence-electron chi connectivity index (χ2n) is 4.99. The monoisotopic (exact) mass is 251 g/mol. The molecule has 2 rings (SSSR count). The molecule has 1 fully saturated rings. The van der Waals surface area contributed by atoms with Crippen molar-refractivity contribution in [3.8, 4) is 0 Å². The Labute approximate surface area is 109 Å².